The average Bonchev–Trinajstić information content (AvgIpc) is 3.29. The first-order valence-corrected chi connectivity index (χ1v) is 12.6. The van der Waals surface area contributed by atoms with Gasteiger partial charge in [-0.3, -0.25) is 14.7 Å². The topological polar surface area (TPSA) is 116 Å². The number of nitrogens with one attached hydrogen (secondary N) is 2. The lowest BCUT2D eigenvalue weighted by Gasteiger charge is -2.32. The van der Waals surface area contributed by atoms with Crippen molar-refractivity contribution >= 4 is 28.4 Å². The number of pyridine rings is 1. The Labute approximate surface area is 209 Å². The van der Waals surface area contributed by atoms with Crippen LogP contribution in [-0.4, -0.2) is 63.0 Å². The van der Waals surface area contributed by atoms with E-state index in [0.717, 1.165) is 84.9 Å². The smallest absolute Gasteiger partial charge is 0.274 e. The Hall–Kier alpha value is -3.82. The van der Waals surface area contributed by atoms with Gasteiger partial charge in [0.15, 0.2) is 0 Å². The van der Waals surface area contributed by atoms with Crippen LogP contribution in [-0.2, 0) is 6.54 Å². The molecule has 2 aliphatic heterocycles. The molecule has 0 spiro atoms. The number of hydrogen-bond acceptors (Lipinski definition) is 7. The van der Waals surface area contributed by atoms with E-state index >= 15 is 0 Å². The molecule has 0 saturated carbocycles. The molecule has 0 unspecified atom stereocenters. The standard InChI is InChI=1S/C27H30N8O/c28-20-3-1-10-34(16-20)15-18-8-9-29-24(13-18)27(36)32-21-6-4-19(5-7-21)23-14-22-25(33-23)30-17-31-26(22)35-11-2-12-35/h4-9,13-14,17,20H,1-3,10-12,15-16,28H2,(H,32,36)(H,30,31,33)/t20-/m1/s1. The van der Waals surface area contributed by atoms with Gasteiger partial charge in [0.2, 0.25) is 0 Å². The van der Waals surface area contributed by atoms with Gasteiger partial charge in [-0.1, -0.05) is 12.1 Å². The summed E-state index contributed by atoms with van der Waals surface area (Å²) in [5, 5.41) is 4.00. The van der Waals surface area contributed by atoms with Gasteiger partial charge in [0.05, 0.1) is 5.39 Å². The van der Waals surface area contributed by atoms with E-state index in [1.54, 1.807) is 12.5 Å². The number of benzene rings is 1. The molecule has 1 aromatic carbocycles. The molecule has 0 radical (unpaired) electrons. The highest BCUT2D eigenvalue weighted by atomic mass is 16.1. The Balaban J connectivity index is 1.14. The van der Waals surface area contributed by atoms with Gasteiger partial charge in [-0.2, -0.15) is 0 Å². The first-order valence-electron chi connectivity index (χ1n) is 12.6. The number of nitrogens with two attached hydrogens (primary N) is 1. The molecule has 3 aromatic heterocycles. The molecule has 6 rings (SSSR count). The van der Waals surface area contributed by atoms with E-state index in [1.807, 2.05) is 36.4 Å². The predicted molar refractivity (Wildman–Crippen MR) is 141 cm³/mol. The number of hydrogen-bond donors (Lipinski definition) is 3. The van der Waals surface area contributed by atoms with Crippen molar-refractivity contribution in [3.63, 3.8) is 0 Å². The summed E-state index contributed by atoms with van der Waals surface area (Å²) < 4.78 is 0. The Morgan fingerprint density at radius 3 is 2.69 bits per heavy atom. The number of carbonyl (C=O) groups excluding carboxylic acids is 1. The summed E-state index contributed by atoms with van der Waals surface area (Å²) in [5.41, 5.74) is 11.1. The lowest BCUT2D eigenvalue weighted by molar-refractivity contribution is 0.102. The summed E-state index contributed by atoms with van der Waals surface area (Å²) >= 11 is 0. The lowest BCUT2D eigenvalue weighted by atomic mass is 10.1. The lowest BCUT2D eigenvalue weighted by Crippen LogP contribution is -2.42. The third kappa shape index (κ3) is 4.67. The molecule has 2 saturated heterocycles. The van der Waals surface area contributed by atoms with Crippen molar-refractivity contribution in [2.24, 2.45) is 5.73 Å². The van der Waals surface area contributed by atoms with E-state index in [0.29, 0.717) is 5.69 Å². The van der Waals surface area contributed by atoms with Crippen LogP contribution in [0.2, 0.25) is 0 Å². The van der Waals surface area contributed by atoms with Gasteiger partial charge in [-0.15, -0.1) is 0 Å². The van der Waals surface area contributed by atoms with Crippen molar-refractivity contribution in [2.75, 3.05) is 36.4 Å². The molecule has 0 aliphatic carbocycles. The Morgan fingerprint density at radius 2 is 1.92 bits per heavy atom. The van der Waals surface area contributed by atoms with E-state index in [4.69, 9.17) is 5.73 Å². The maximum Gasteiger partial charge on any atom is 0.274 e. The minimum atomic E-state index is -0.222. The first kappa shape index (κ1) is 22.6. The van der Waals surface area contributed by atoms with Crippen molar-refractivity contribution in [2.45, 2.75) is 31.8 Å². The summed E-state index contributed by atoms with van der Waals surface area (Å²) in [5.74, 6) is 0.760. The largest absolute Gasteiger partial charge is 0.356 e. The highest BCUT2D eigenvalue weighted by Crippen LogP contribution is 2.31. The molecule has 2 aliphatic rings. The Kier molecular flexibility index (Phi) is 6.08. The zero-order valence-electron chi connectivity index (χ0n) is 20.2. The molecular formula is C27H30N8O. The van der Waals surface area contributed by atoms with Crippen LogP contribution in [0.25, 0.3) is 22.3 Å². The van der Waals surface area contributed by atoms with Crippen LogP contribution >= 0.6 is 0 Å². The second-order valence-corrected chi connectivity index (χ2v) is 9.70. The number of H-pyrrole nitrogens is 1. The molecule has 1 atom stereocenters. The molecule has 5 heterocycles. The summed E-state index contributed by atoms with van der Waals surface area (Å²) in [6.45, 7) is 4.76. The third-order valence-corrected chi connectivity index (χ3v) is 7.02. The van der Waals surface area contributed by atoms with Crippen LogP contribution in [0, 0.1) is 0 Å². The van der Waals surface area contributed by atoms with Crippen LogP contribution in [0.5, 0.6) is 0 Å². The molecule has 184 valence electrons. The van der Waals surface area contributed by atoms with E-state index in [2.05, 4.69) is 41.1 Å². The van der Waals surface area contributed by atoms with E-state index in [-0.39, 0.29) is 11.9 Å². The summed E-state index contributed by atoms with van der Waals surface area (Å²) in [7, 11) is 0. The number of amides is 1. The molecule has 4 aromatic rings. The van der Waals surface area contributed by atoms with Gasteiger partial charge in [-0.05, 0) is 67.3 Å². The van der Waals surface area contributed by atoms with Crippen molar-refractivity contribution in [1.29, 1.82) is 0 Å². The van der Waals surface area contributed by atoms with Gasteiger partial charge in [0, 0.05) is 49.8 Å². The van der Waals surface area contributed by atoms with Crippen LogP contribution in [0.4, 0.5) is 11.5 Å². The molecule has 1 amide bonds. The minimum absolute atomic E-state index is 0.222. The van der Waals surface area contributed by atoms with Gasteiger partial charge in [-0.25, -0.2) is 9.97 Å². The van der Waals surface area contributed by atoms with Crippen LogP contribution in [0.15, 0.2) is 55.0 Å². The van der Waals surface area contributed by atoms with Crippen LogP contribution in [0.3, 0.4) is 0 Å². The quantitative estimate of drug-likeness (QED) is 0.386. The van der Waals surface area contributed by atoms with E-state index < -0.39 is 0 Å². The van der Waals surface area contributed by atoms with Gasteiger partial charge in [0.25, 0.3) is 5.91 Å². The fourth-order valence-electron chi connectivity index (χ4n) is 4.98. The maximum absolute atomic E-state index is 12.9. The Bertz CT molecular complexity index is 1380. The van der Waals surface area contributed by atoms with Crippen LogP contribution in [0.1, 0.15) is 35.3 Å². The van der Waals surface area contributed by atoms with Crippen molar-refractivity contribution < 1.29 is 4.79 Å². The maximum atomic E-state index is 12.9. The van der Waals surface area contributed by atoms with E-state index in [1.165, 1.54) is 6.42 Å². The van der Waals surface area contributed by atoms with Gasteiger partial charge >= 0.3 is 0 Å². The summed E-state index contributed by atoms with van der Waals surface area (Å²) in [4.78, 5) is 34.1. The number of anilines is 2. The molecule has 9 nitrogen and oxygen atoms in total. The average molecular weight is 483 g/mol. The number of nitrogens with zero attached hydrogens (tertiary/aromatic N) is 5. The summed E-state index contributed by atoms with van der Waals surface area (Å²) in [6.07, 6.45) is 6.70. The highest BCUT2D eigenvalue weighted by molar-refractivity contribution is 6.03. The fourth-order valence-corrected chi connectivity index (χ4v) is 4.98. The van der Waals surface area contributed by atoms with Crippen molar-refractivity contribution in [3.05, 3.63) is 66.2 Å². The second kappa shape index (κ2) is 9.67. The van der Waals surface area contributed by atoms with Gasteiger partial charge in [0.1, 0.15) is 23.5 Å². The third-order valence-electron chi connectivity index (χ3n) is 7.02. The summed E-state index contributed by atoms with van der Waals surface area (Å²) in [6, 6.07) is 13.9. The molecule has 0 bridgehead atoms. The highest BCUT2D eigenvalue weighted by Gasteiger charge is 2.20. The van der Waals surface area contributed by atoms with Crippen molar-refractivity contribution in [3.8, 4) is 11.3 Å². The number of aromatic nitrogens is 4. The minimum Gasteiger partial charge on any atom is -0.356 e. The number of rotatable bonds is 6. The number of piperidine rings is 1. The monoisotopic (exact) mass is 482 g/mol. The number of aromatic amines is 1. The molecule has 2 fully saturated rings. The first-order chi connectivity index (χ1) is 17.6. The zero-order valence-corrected chi connectivity index (χ0v) is 20.2. The number of carbonyl (C=O) groups is 1. The Morgan fingerprint density at radius 1 is 1.06 bits per heavy atom. The van der Waals surface area contributed by atoms with E-state index in [9.17, 15) is 4.79 Å². The predicted octanol–water partition coefficient (Wildman–Crippen LogP) is 3.41. The number of fused-ring (bicyclic) bond motifs is 1. The SMILES string of the molecule is N[C@@H]1CCCN(Cc2ccnc(C(=O)Nc3ccc(-c4cc5c(N6CCC6)ncnc5[nH]4)cc3)c2)C1. The van der Waals surface area contributed by atoms with Gasteiger partial charge < -0.3 is 20.9 Å². The zero-order chi connectivity index (χ0) is 24.5. The second-order valence-electron chi connectivity index (χ2n) is 9.70. The molecule has 4 N–H and O–H groups in total. The normalized spacial score (nSPS) is 18.2. The molecule has 36 heavy (non-hydrogen) atoms. The van der Waals surface area contributed by atoms with Crippen LogP contribution < -0.4 is 16.0 Å². The number of likely N-dealkylation sites (tertiary alicyclic amines) is 1. The molecular weight excluding hydrogens is 452 g/mol. The van der Waals surface area contributed by atoms with Crippen molar-refractivity contribution in [1.82, 2.24) is 24.8 Å². The fraction of sp³-hybridized carbons (Fsp3) is 0.333. The molecule has 9 heteroatoms.